The molecule has 0 aliphatic heterocycles. The number of hydrogen-bond donors (Lipinski definition) is 1. The van der Waals surface area contributed by atoms with Crippen molar-refractivity contribution in [3.63, 3.8) is 0 Å². The van der Waals surface area contributed by atoms with Crippen molar-refractivity contribution in [2.45, 2.75) is 31.2 Å². The van der Waals surface area contributed by atoms with E-state index in [0.29, 0.717) is 6.42 Å². The number of halogens is 1. The number of hydrogen-bond acceptors (Lipinski definition) is 3. The van der Waals surface area contributed by atoms with Crippen molar-refractivity contribution < 1.29 is 17.6 Å². The predicted molar refractivity (Wildman–Crippen MR) is 120 cm³/mol. The van der Waals surface area contributed by atoms with E-state index in [2.05, 4.69) is 5.32 Å². The van der Waals surface area contributed by atoms with Gasteiger partial charge in [0, 0.05) is 0 Å². The van der Waals surface area contributed by atoms with Gasteiger partial charge >= 0.3 is 0 Å². The van der Waals surface area contributed by atoms with Gasteiger partial charge in [0.25, 0.3) is 10.0 Å². The fourth-order valence-corrected chi connectivity index (χ4v) is 4.70. The minimum atomic E-state index is -4.16. The summed E-state index contributed by atoms with van der Waals surface area (Å²) >= 11 is 0. The van der Waals surface area contributed by atoms with Crippen molar-refractivity contribution in [3.05, 3.63) is 95.8 Å². The number of nitrogens with one attached hydrogen (secondary N) is 1. The molecule has 3 aromatic carbocycles. The first-order valence-electron chi connectivity index (χ1n) is 10.0. The number of aryl methyl sites for hydroxylation is 1. The molecule has 0 heterocycles. The maximum atomic E-state index is 14.6. The van der Waals surface area contributed by atoms with Crippen molar-refractivity contribution in [2.24, 2.45) is 0 Å². The molecule has 162 valence electrons. The van der Waals surface area contributed by atoms with Gasteiger partial charge in [0.1, 0.15) is 12.4 Å². The van der Waals surface area contributed by atoms with E-state index in [-0.39, 0.29) is 16.6 Å². The Bertz CT molecular complexity index is 1130. The van der Waals surface area contributed by atoms with Crippen LogP contribution < -0.4 is 9.62 Å². The van der Waals surface area contributed by atoms with Crippen LogP contribution in [0.1, 0.15) is 30.5 Å². The first kappa shape index (κ1) is 22.5. The van der Waals surface area contributed by atoms with Crippen LogP contribution in [0.3, 0.4) is 0 Å². The number of carbonyl (C=O) groups is 1. The van der Waals surface area contributed by atoms with Crippen LogP contribution in [0.5, 0.6) is 0 Å². The quantitative estimate of drug-likeness (QED) is 0.557. The molecule has 7 heteroatoms. The summed E-state index contributed by atoms with van der Waals surface area (Å²) in [6.45, 7) is 3.23. The van der Waals surface area contributed by atoms with Crippen LogP contribution in [-0.4, -0.2) is 20.9 Å². The van der Waals surface area contributed by atoms with Crippen LogP contribution in [0, 0.1) is 12.7 Å². The van der Waals surface area contributed by atoms with Crippen molar-refractivity contribution in [3.8, 4) is 0 Å². The van der Waals surface area contributed by atoms with Crippen LogP contribution in [0.4, 0.5) is 10.1 Å². The smallest absolute Gasteiger partial charge is 0.264 e. The highest BCUT2D eigenvalue weighted by Gasteiger charge is 2.29. The summed E-state index contributed by atoms with van der Waals surface area (Å²) in [5, 5.41) is 2.87. The molecule has 0 bridgehead atoms. The summed E-state index contributed by atoms with van der Waals surface area (Å²) in [5.41, 5.74) is 1.63. The van der Waals surface area contributed by atoms with Gasteiger partial charge in [-0.15, -0.1) is 0 Å². The van der Waals surface area contributed by atoms with E-state index in [9.17, 15) is 17.6 Å². The lowest BCUT2D eigenvalue weighted by molar-refractivity contribution is -0.120. The molecule has 0 aromatic heterocycles. The largest absolute Gasteiger partial charge is 0.348 e. The fraction of sp³-hybridized carbons (Fsp3) is 0.208. The molecule has 0 aliphatic carbocycles. The molecule has 0 spiro atoms. The zero-order valence-corrected chi connectivity index (χ0v) is 18.3. The SMILES string of the molecule is CC[C@H](NC(=O)CN(c1ccccc1F)S(=O)(=O)c1ccc(C)cc1)c1ccccc1. The highest BCUT2D eigenvalue weighted by Crippen LogP contribution is 2.26. The molecule has 0 saturated heterocycles. The van der Waals surface area contributed by atoms with Crippen LogP contribution in [0.15, 0.2) is 83.8 Å². The monoisotopic (exact) mass is 440 g/mol. The average Bonchev–Trinajstić information content (AvgIpc) is 2.77. The number of amides is 1. The summed E-state index contributed by atoms with van der Waals surface area (Å²) in [4.78, 5) is 12.9. The normalized spacial score (nSPS) is 12.2. The summed E-state index contributed by atoms with van der Waals surface area (Å²) in [7, 11) is -4.16. The molecule has 0 unspecified atom stereocenters. The minimum absolute atomic E-state index is 0.00995. The topological polar surface area (TPSA) is 66.5 Å². The summed E-state index contributed by atoms with van der Waals surface area (Å²) in [6, 6.07) is 20.9. The third-order valence-electron chi connectivity index (χ3n) is 4.96. The molecule has 31 heavy (non-hydrogen) atoms. The van der Waals surface area contributed by atoms with Gasteiger partial charge < -0.3 is 5.32 Å². The van der Waals surface area contributed by atoms with Gasteiger partial charge in [-0.3, -0.25) is 9.10 Å². The van der Waals surface area contributed by atoms with Gasteiger partial charge in [-0.25, -0.2) is 12.8 Å². The van der Waals surface area contributed by atoms with Gasteiger partial charge in [-0.1, -0.05) is 67.1 Å². The Morgan fingerprint density at radius 1 is 0.968 bits per heavy atom. The van der Waals surface area contributed by atoms with Gasteiger partial charge in [0.2, 0.25) is 5.91 Å². The molecule has 0 fully saturated rings. The van der Waals surface area contributed by atoms with Gasteiger partial charge in [-0.2, -0.15) is 0 Å². The maximum Gasteiger partial charge on any atom is 0.264 e. The zero-order valence-electron chi connectivity index (χ0n) is 17.5. The Balaban J connectivity index is 1.93. The lowest BCUT2D eigenvalue weighted by atomic mass is 10.0. The lowest BCUT2D eigenvalue weighted by Gasteiger charge is -2.26. The lowest BCUT2D eigenvalue weighted by Crippen LogP contribution is -2.42. The van der Waals surface area contributed by atoms with Crippen LogP contribution in [-0.2, 0) is 14.8 Å². The van der Waals surface area contributed by atoms with E-state index >= 15 is 0 Å². The predicted octanol–water partition coefficient (Wildman–Crippen LogP) is 4.60. The van der Waals surface area contributed by atoms with Gasteiger partial charge in [0.05, 0.1) is 16.6 Å². The molecular weight excluding hydrogens is 415 g/mol. The van der Waals surface area contributed by atoms with Crippen molar-refractivity contribution >= 4 is 21.6 Å². The number of rotatable bonds is 8. The number of nitrogens with zero attached hydrogens (tertiary/aromatic N) is 1. The molecule has 3 aromatic rings. The Kier molecular flexibility index (Phi) is 7.07. The first-order chi connectivity index (χ1) is 14.8. The molecule has 5 nitrogen and oxygen atoms in total. The standard InChI is InChI=1S/C24H25FN2O3S/c1-3-22(19-9-5-4-6-10-19)26-24(28)17-27(23-12-8-7-11-21(23)25)31(29,30)20-15-13-18(2)14-16-20/h4-16,22H,3,17H2,1-2H3,(H,26,28)/t22-/m0/s1. The van der Waals surface area contributed by atoms with E-state index in [4.69, 9.17) is 0 Å². The van der Waals surface area contributed by atoms with Gasteiger partial charge in [-0.05, 0) is 43.2 Å². The Morgan fingerprint density at radius 3 is 2.19 bits per heavy atom. The number of anilines is 1. The molecule has 3 rings (SSSR count). The molecule has 0 radical (unpaired) electrons. The van der Waals surface area contributed by atoms with Crippen LogP contribution >= 0.6 is 0 Å². The summed E-state index contributed by atoms with van der Waals surface area (Å²) in [5.74, 6) is -1.24. The van der Waals surface area contributed by atoms with E-state index in [1.165, 1.54) is 36.4 Å². The second kappa shape index (κ2) is 9.75. The Hall–Kier alpha value is -3.19. The Labute approximate surface area is 182 Å². The number of para-hydroxylation sites is 1. The molecule has 1 atom stereocenters. The van der Waals surface area contributed by atoms with Gasteiger partial charge in [0.15, 0.2) is 0 Å². The van der Waals surface area contributed by atoms with E-state index < -0.39 is 28.3 Å². The van der Waals surface area contributed by atoms with E-state index in [1.807, 2.05) is 44.2 Å². The number of benzene rings is 3. The van der Waals surface area contributed by atoms with E-state index in [0.717, 1.165) is 15.4 Å². The summed E-state index contributed by atoms with van der Waals surface area (Å²) in [6.07, 6.45) is 0.625. The van der Waals surface area contributed by atoms with Crippen LogP contribution in [0.25, 0.3) is 0 Å². The summed E-state index contributed by atoms with van der Waals surface area (Å²) < 4.78 is 42.0. The molecule has 1 amide bonds. The second-order valence-corrected chi connectivity index (χ2v) is 9.08. The molecule has 1 N–H and O–H groups in total. The minimum Gasteiger partial charge on any atom is -0.348 e. The Morgan fingerprint density at radius 2 is 1.58 bits per heavy atom. The van der Waals surface area contributed by atoms with Crippen molar-refractivity contribution in [1.29, 1.82) is 0 Å². The first-order valence-corrected chi connectivity index (χ1v) is 11.4. The third kappa shape index (κ3) is 5.30. The highest BCUT2D eigenvalue weighted by molar-refractivity contribution is 7.92. The molecule has 0 saturated carbocycles. The second-order valence-electron chi connectivity index (χ2n) is 7.22. The fourth-order valence-electron chi connectivity index (χ4n) is 3.27. The van der Waals surface area contributed by atoms with Crippen LogP contribution in [0.2, 0.25) is 0 Å². The zero-order chi connectivity index (χ0) is 22.4. The highest BCUT2D eigenvalue weighted by atomic mass is 32.2. The third-order valence-corrected chi connectivity index (χ3v) is 6.74. The average molecular weight is 441 g/mol. The van der Waals surface area contributed by atoms with Crippen molar-refractivity contribution in [1.82, 2.24) is 5.32 Å². The molecule has 0 aliphatic rings. The van der Waals surface area contributed by atoms with E-state index in [1.54, 1.807) is 12.1 Å². The number of carbonyl (C=O) groups excluding carboxylic acids is 1. The molecular formula is C24H25FN2O3S. The number of sulfonamides is 1. The van der Waals surface area contributed by atoms with Crippen molar-refractivity contribution in [2.75, 3.05) is 10.8 Å². The maximum absolute atomic E-state index is 14.6.